The van der Waals surface area contributed by atoms with E-state index < -0.39 is 0 Å². The van der Waals surface area contributed by atoms with E-state index in [4.69, 9.17) is 4.74 Å². The molecule has 0 radical (unpaired) electrons. The smallest absolute Gasteiger partial charge is 0.222 e. The second-order valence-corrected chi connectivity index (χ2v) is 5.20. The van der Waals surface area contributed by atoms with Crippen molar-refractivity contribution in [2.75, 3.05) is 26.2 Å². The predicted molar refractivity (Wildman–Crippen MR) is 80.1 cm³/mol. The molecule has 1 aliphatic heterocycles. The number of carbonyl (C=O) groups is 2. The normalized spacial score (nSPS) is 15.3. The van der Waals surface area contributed by atoms with Gasteiger partial charge in [0.1, 0.15) is 5.75 Å². The lowest BCUT2D eigenvalue weighted by atomic mass is 10.2. The van der Waals surface area contributed by atoms with Gasteiger partial charge in [-0.2, -0.15) is 0 Å². The molecule has 1 saturated heterocycles. The summed E-state index contributed by atoms with van der Waals surface area (Å²) in [6, 6.07) is 7.85. The molecular formula is C16H22N2O3. The lowest BCUT2D eigenvalue weighted by Crippen LogP contribution is -2.34. The van der Waals surface area contributed by atoms with Crippen LogP contribution in [0.25, 0.3) is 0 Å². The summed E-state index contributed by atoms with van der Waals surface area (Å²) in [5.41, 5.74) is 1.10. The highest BCUT2D eigenvalue weighted by molar-refractivity contribution is 5.80. The summed E-state index contributed by atoms with van der Waals surface area (Å²) < 4.78 is 5.68. The highest BCUT2D eigenvalue weighted by Crippen LogP contribution is 2.16. The molecule has 0 saturated carbocycles. The number of nitrogens with one attached hydrogen (secondary N) is 1. The fourth-order valence-electron chi connectivity index (χ4n) is 2.30. The molecule has 0 aliphatic carbocycles. The van der Waals surface area contributed by atoms with Gasteiger partial charge in [0.2, 0.25) is 11.8 Å². The summed E-state index contributed by atoms with van der Waals surface area (Å²) in [6.45, 7) is 4.19. The van der Waals surface area contributed by atoms with E-state index in [1.54, 1.807) is 4.90 Å². The zero-order chi connectivity index (χ0) is 15.1. The van der Waals surface area contributed by atoms with E-state index >= 15 is 0 Å². The Morgan fingerprint density at radius 1 is 1.33 bits per heavy atom. The van der Waals surface area contributed by atoms with Crippen molar-refractivity contribution >= 4 is 11.8 Å². The highest BCUT2D eigenvalue weighted by atomic mass is 16.5. The zero-order valence-electron chi connectivity index (χ0n) is 12.4. The Morgan fingerprint density at radius 2 is 2.14 bits per heavy atom. The molecule has 1 aromatic rings. The third-order valence-corrected chi connectivity index (χ3v) is 3.55. The Morgan fingerprint density at radius 3 is 2.95 bits per heavy atom. The van der Waals surface area contributed by atoms with Gasteiger partial charge in [0.15, 0.2) is 0 Å². The molecule has 1 aliphatic rings. The van der Waals surface area contributed by atoms with E-state index in [1.807, 2.05) is 31.2 Å². The van der Waals surface area contributed by atoms with E-state index in [2.05, 4.69) is 5.32 Å². The molecule has 5 nitrogen and oxygen atoms in total. The van der Waals surface area contributed by atoms with Crippen molar-refractivity contribution in [1.29, 1.82) is 0 Å². The molecule has 1 aromatic carbocycles. The van der Waals surface area contributed by atoms with Crippen LogP contribution in [0.15, 0.2) is 24.3 Å². The Kier molecular flexibility index (Phi) is 5.60. The van der Waals surface area contributed by atoms with E-state index in [9.17, 15) is 9.59 Å². The number of hydrogen-bond donors (Lipinski definition) is 1. The second kappa shape index (κ2) is 7.67. The van der Waals surface area contributed by atoms with E-state index in [-0.39, 0.29) is 11.8 Å². The van der Waals surface area contributed by atoms with Gasteiger partial charge in [-0.1, -0.05) is 18.2 Å². The third-order valence-electron chi connectivity index (χ3n) is 3.55. The summed E-state index contributed by atoms with van der Waals surface area (Å²) in [4.78, 5) is 25.1. The number of aryl methyl sites for hydroxylation is 1. The molecule has 5 heteroatoms. The maximum atomic E-state index is 12.1. The monoisotopic (exact) mass is 290 g/mol. The van der Waals surface area contributed by atoms with Gasteiger partial charge in [0.25, 0.3) is 0 Å². The topological polar surface area (TPSA) is 58.6 Å². The van der Waals surface area contributed by atoms with Crippen LogP contribution in [0.5, 0.6) is 5.75 Å². The van der Waals surface area contributed by atoms with E-state index in [1.165, 1.54) is 0 Å². The zero-order valence-corrected chi connectivity index (χ0v) is 12.4. The number of para-hydroxylation sites is 1. The first-order valence-electron chi connectivity index (χ1n) is 7.40. The maximum Gasteiger partial charge on any atom is 0.222 e. The number of benzene rings is 1. The van der Waals surface area contributed by atoms with Gasteiger partial charge >= 0.3 is 0 Å². The van der Waals surface area contributed by atoms with Crippen LogP contribution in [0, 0.1) is 6.92 Å². The molecule has 0 atom stereocenters. The van der Waals surface area contributed by atoms with Crippen LogP contribution in [0.2, 0.25) is 0 Å². The van der Waals surface area contributed by atoms with Gasteiger partial charge < -0.3 is 15.0 Å². The Bertz CT molecular complexity index is 502. The summed E-state index contributed by atoms with van der Waals surface area (Å²) in [6.07, 6.45) is 1.54. The molecule has 1 N–H and O–H groups in total. The highest BCUT2D eigenvalue weighted by Gasteiger charge is 2.17. The van der Waals surface area contributed by atoms with Crippen molar-refractivity contribution < 1.29 is 14.3 Å². The van der Waals surface area contributed by atoms with Crippen LogP contribution in [0.4, 0.5) is 0 Å². The SMILES string of the molecule is Cc1ccccc1OCCCC(=O)N1CCNC(=O)CC1. The largest absolute Gasteiger partial charge is 0.493 e. The summed E-state index contributed by atoms with van der Waals surface area (Å²) in [7, 11) is 0. The molecule has 21 heavy (non-hydrogen) atoms. The van der Waals surface area contributed by atoms with Gasteiger partial charge in [0.05, 0.1) is 6.61 Å². The van der Waals surface area contributed by atoms with Crippen molar-refractivity contribution in [1.82, 2.24) is 10.2 Å². The van der Waals surface area contributed by atoms with Gasteiger partial charge in [0, 0.05) is 32.5 Å². The molecule has 114 valence electrons. The summed E-state index contributed by atoms with van der Waals surface area (Å²) >= 11 is 0. The first-order chi connectivity index (χ1) is 10.2. The van der Waals surface area contributed by atoms with E-state index in [0.29, 0.717) is 45.5 Å². The minimum Gasteiger partial charge on any atom is -0.493 e. The van der Waals surface area contributed by atoms with Crippen molar-refractivity contribution in [3.63, 3.8) is 0 Å². The van der Waals surface area contributed by atoms with Gasteiger partial charge in [-0.15, -0.1) is 0 Å². The van der Waals surface area contributed by atoms with Gasteiger partial charge in [-0.3, -0.25) is 9.59 Å². The molecule has 0 spiro atoms. The fourth-order valence-corrected chi connectivity index (χ4v) is 2.30. The fraction of sp³-hybridized carbons (Fsp3) is 0.500. The van der Waals surface area contributed by atoms with Gasteiger partial charge in [-0.25, -0.2) is 0 Å². The average molecular weight is 290 g/mol. The van der Waals surface area contributed by atoms with Crippen LogP contribution in [0.3, 0.4) is 0 Å². The van der Waals surface area contributed by atoms with Crippen LogP contribution in [-0.2, 0) is 9.59 Å². The second-order valence-electron chi connectivity index (χ2n) is 5.20. The van der Waals surface area contributed by atoms with Gasteiger partial charge in [-0.05, 0) is 25.0 Å². The van der Waals surface area contributed by atoms with Crippen LogP contribution < -0.4 is 10.1 Å². The lowest BCUT2D eigenvalue weighted by Gasteiger charge is -2.19. The number of hydrogen-bond acceptors (Lipinski definition) is 3. The van der Waals surface area contributed by atoms with Crippen molar-refractivity contribution in [3.05, 3.63) is 29.8 Å². The minimum absolute atomic E-state index is 0.0215. The molecular weight excluding hydrogens is 268 g/mol. The van der Waals surface area contributed by atoms with Crippen LogP contribution in [-0.4, -0.2) is 43.0 Å². The standard InChI is InChI=1S/C16H22N2O3/c1-13-5-2-3-6-14(13)21-12-4-7-16(20)18-10-8-15(19)17-9-11-18/h2-3,5-6H,4,7-12H2,1H3,(H,17,19). The van der Waals surface area contributed by atoms with Crippen LogP contribution in [0.1, 0.15) is 24.8 Å². The molecule has 1 fully saturated rings. The van der Waals surface area contributed by atoms with Crippen LogP contribution >= 0.6 is 0 Å². The first-order valence-corrected chi connectivity index (χ1v) is 7.40. The molecule has 2 amide bonds. The lowest BCUT2D eigenvalue weighted by molar-refractivity contribution is -0.131. The van der Waals surface area contributed by atoms with E-state index in [0.717, 1.165) is 11.3 Å². The summed E-state index contributed by atoms with van der Waals surface area (Å²) in [5, 5.41) is 2.77. The number of amides is 2. The number of ether oxygens (including phenoxy) is 1. The Hall–Kier alpha value is -2.04. The maximum absolute atomic E-state index is 12.1. The number of rotatable bonds is 5. The molecule has 0 bridgehead atoms. The average Bonchev–Trinajstić information content (AvgIpc) is 2.70. The molecule has 1 heterocycles. The number of carbonyl (C=O) groups excluding carboxylic acids is 2. The van der Waals surface area contributed by atoms with Crippen molar-refractivity contribution in [2.24, 2.45) is 0 Å². The molecule has 2 rings (SSSR count). The molecule has 0 unspecified atom stereocenters. The Balaban J connectivity index is 1.69. The minimum atomic E-state index is 0.0215. The predicted octanol–water partition coefficient (Wildman–Crippen LogP) is 1.50. The van der Waals surface area contributed by atoms with Crippen molar-refractivity contribution in [2.45, 2.75) is 26.2 Å². The molecule has 0 aromatic heterocycles. The van der Waals surface area contributed by atoms with Crippen molar-refractivity contribution in [3.8, 4) is 5.75 Å². The first kappa shape index (κ1) is 15.4. The number of nitrogens with zero attached hydrogens (tertiary/aromatic N) is 1. The quantitative estimate of drug-likeness (QED) is 0.836. The summed E-state index contributed by atoms with van der Waals surface area (Å²) in [5.74, 6) is 0.989. The third kappa shape index (κ3) is 4.77. The Labute approximate surface area is 125 Å².